The van der Waals surface area contributed by atoms with Gasteiger partial charge in [-0.15, -0.1) is 0 Å². The van der Waals surface area contributed by atoms with E-state index in [-0.39, 0.29) is 4.05 Å². The predicted molar refractivity (Wildman–Crippen MR) is 35.3 cm³/mol. The van der Waals surface area contributed by atoms with Crippen LogP contribution in [-0.2, 0) is 0 Å². The Labute approximate surface area is 50.7 Å². The molecule has 0 amide bonds. The maximum Gasteiger partial charge on any atom is 0.0963 e. The van der Waals surface area contributed by atoms with Crippen molar-refractivity contribution >= 4 is 22.6 Å². The lowest BCUT2D eigenvalue weighted by atomic mass is 10.5. The summed E-state index contributed by atoms with van der Waals surface area (Å²) in [6.45, 7) is 3.40. The van der Waals surface area contributed by atoms with Crippen molar-refractivity contribution in [3.8, 4) is 0 Å². The highest BCUT2D eigenvalue weighted by molar-refractivity contribution is 14.1. The first-order valence-corrected chi connectivity index (χ1v) is 2.73. The molecule has 0 fully saturated rings. The van der Waals surface area contributed by atoms with Gasteiger partial charge in [0.1, 0.15) is 0 Å². The van der Waals surface area contributed by atoms with E-state index < -0.39 is 0 Å². The van der Waals surface area contributed by atoms with Crippen LogP contribution in [0.1, 0.15) is 0 Å². The summed E-state index contributed by atoms with van der Waals surface area (Å²) in [5.74, 6) is 0. The molecule has 0 rings (SSSR count). The van der Waals surface area contributed by atoms with E-state index in [4.69, 9.17) is 11.5 Å². The molecule has 0 bridgehead atoms. The largest absolute Gasteiger partial charge is 0.401 e. The van der Waals surface area contributed by atoms with Gasteiger partial charge in [-0.1, -0.05) is 29.2 Å². The molecule has 6 heavy (non-hydrogen) atoms. The van der Waals surface area contributed by atoms with Gasteiger partial charge < -0.3 is 11.5 Å². The second-order valence-electron chi connectivity index (χ2n) is 0.977. The lowest BCUT2D eigenvalue weighted by Gasteiger charge is -1.96. The Morgan fingerprint density at radius 2 is 2.00 bits per heavy atom. The molecular weight excluding hydrogens is 191 g/mol. The molecule has 0 aliphatic rings. The van der Waals surface area contributed by atoms with Crippen molar-refractivity contribution in [2.24, 2.45) is 11.5 Å². The average molecular weight is 198 g/mol. The van der Waals surface area contributed by atoms with E-state index in [9.17, 15) is 0 Å². The van der Waals surface area contributed by atoms with Crippen molar-refractivity contribution in [1.29, 1.82) is 0 Å². The number of hydrogen-bond acceptors (Lipinski definition) is 2. The molecule has 0 heterocycles. The summed E-state index contributed by atoms with van der Waals surface area (Å²) >= 11 is 1.99. The number of alkyl halides is 1. The number of hydrogen-bond donors (Lipinski definition) is 2. The van der Waals surface area contributed by atoms with E-state index in [0.717, 1.165) is 0 Å². The monoisotopic (exact) mass is 198 g/mol. The second-order valence-corrected chi connectivity index (χ2v) is 2.32. The van der Waals surface area contributed by atoms with Gasteiger partial charge in [0.25, 0.3) is 0 Å². The van der Waals surface area contributed by atoms with Crippen LogP contribution in [0.25, 0.3) is 0 Å². The summed E-state index contributed by atoms with van der Waals surface area (Å²) < 4.78 is -0.0948. The fraction of sp³-hybridized carbons (Fsp3) is 0.333. The van der Waals surface area contributed by atoms with Crippen molar-refractivity contribution in [2.75, 3.05) is 0 Å². The lowest BCUT2D eigenvalue weighted by Crippen LogP contribution is -2.18. The van der Waals surface area contributed by atoms with E-state index in [0.29, 0.717) is 5.70 Å². The van der Waals surface area contributed by atoms with Crippen LogP contribution in [0.2, 0.25) is 0 Å². The van der Waals surface area contributed by atoms with Crippen molar-refractivity contribution < 1.29 is 0 Å². The van der Waals surface area contributed by atoms with E-state index in [2.05, 4.69) is 6.58 Å². The van der Waals surface area contributed by atoms with Crippen molar-refractivity contribution in [2.45, 2.75) is 4.05 Å². The fourth-order valence-corrected chi connectivity index (χ4v) is 0. The molecule has 0 spiro atoms. The van der Waals surface area contributed by atoms with E-state index in [1.54, 1.807) is 0 Å². The van der Waals surface area contributed by atoms with Gasteiger partial charge in [0, 0.05) is 5.70 Å². The molecule has 0 aromatic carbocycles. The third kappa shape index (κ3) is 2.47. The Morgan fingerprint density at radius 3 is 2.00 bits per heavy atom. The number of halogens is 1. The van der Waals surface area contributed by atoms with Gasteiger partial charge in [-0.25, -0.2) is 0 Å². The van der Waals surface area contributed by atoms with E-state index in [1.165, 1.54) is 0 Å². The van der Waals surface area contributed by atoms with Gasteiger partial charge in [0.05, 0.1) is 4.05 Å². The van der Waals surface area contributed by atoms with Crippen LogP contribution in [0, 0.1) is 0 Å². The first-order chi connectivity index (χ1) is 2.64. The first-order valence-electron chi connectivity index (χ1n) is 1.48. The maximum absolute atomic E-state index is 5.20. The molecule has 36 valence electrons. The summed E-state index contributed by atoms with van der Waals surface area (Å²) in [6, 6.07) is 0. The maximum atomic E-state index is 5.20. The van der Waals surface area contributed by atoms with Crippen LogP contribution in [0.4, 0.5) is 0 Å². The zero-order valence-corrected chi connectivity index (χ0v) is 5.47. The molecule has 4 N–H and O–H groups in total. The molecule has 0 saturated carbocycles. The molecule has 1 unspecified atom stereocenters. The van der Waals surface area contributed by atoms with Gasteiger partial charge in [0.15, 0.2) is 0 Å². The third-order valence-electron chi connectivity index (χ3n) is 0.354. The Balaban J connectivity index is 3.26. The number of rotatable bonds is 1. The molecule has 0 radical (unpaired) electrons. The van der Waals surface area contributed by atoms with Crippen molar-refractivity contribution in [3.05, 3.63) is 12.3 Å². The molecule has 0 aliphatic carbocycles. The molecule has 0 aromatic rings. The highest BCUT2D eigenvalue weighted by Gasteiger charge is 1.90. The highest BCUT2D eigenvalue weighted by Crippen LogP contribution is 1.94. The highest BCUT2D eigenvalue weighted by atomic mass is 127. The summed E-state index contributed by atoms with van der Waals surface area (Å²) in [5.41, 5.74) is 10.8. The normalized spacial score (nSPS) is 13.7. The average Bonchev–Trinajstić information content (AvgIpc) is 1.36. The van der Waals surface area contributed by atoms with Crippen LogP contribution in [-0.4, -0.2) is 4.05 Å². The fourth-order valence-electron chi connectivity index (χ4n) is 0. The Kier molecular flexibility index (Phi) is 2.50. The van der Waals surface area contributed by atoms with Crippen molar-refractivity contribution in [1.82, 2.24) is 0 Å². The smallest absolute Gasteiger partial charge is 0.0963 e. The Bertz CT molecular complexity index is 59.8. The quantitative estimate of drug-likeness (QED) is 0.358. The van der Waals surface area contributed by atoms with Gasteiger partial charge in [-0.05, 0) is 0 Å². The van der Waals surface area contributed by atoms with Crippen LogP contribution in [0.5, 0.6) is 0 Å². The second kappa shape index (κ2) is 2.41. The molecule has 2 nitrogen and oxygen atoms in total. The summed E-state index contributed by atoms with van der Waals surface area (Å²) in [4.78, 5) is 0. The van der Waals surface area contributed by atoms with E-state index in [1.807, 2.05) is 22.6 Å². The first kappa shape index (κ1) is 6.23. The standard InChI is InChI=1S/C3H7IN2/c1-2(5)3(4)6/h3H,1,5-6H2. The predicted octanol–water partition coefficient (Wildman–Crippen LogP) is 0.179. The molecule has 1 atom stereocenters. The van der Waals surface area contributed by atoms with Crippen LogP contribution in [0.15, 0.2) is 12.3 Å². The van der Waals surface area contributed by atoms with Gasteiger partial charge in [-0.3, -0.25) is 0 Å². The lowest BCUT2D eigenvalue weighted by molar-refractivity contribution is 1.08. The van der Waals surface area contributed by atoms with Gasteiger partial charge >= 0.3 is 0 Å². The minimum atomic E-state index is -0.0948. The van der Waals surface area contributed by atoms with Crippen molar-refractivity contribution in [3.63, 3.8) is 0 Å². The van der Waals surface area contributed by atoms with Gasteiger partial charge in [0.2, 0.25) is 0 Å². The summed E-state index contributed by atoms with van der Waals surface area (Å²) in [5, 5.41) is 0. The van der Waals surface area contributed by atoms with Crippen LogP contribution < -0.4 is 11.5 Å². The molecular formula is C3H7IN2. The Morgan fingerprint density at radius 1 is 1.83 bits per heavy atom. The van der Waals surface area contributed by atoms with E-state index >= 15 is 0 Å². The molecule has 0 saturated heterocycles. The summed E-state index contributed by atoms with van der Waals surface area (Å²) in [6.07, 6.45) is 0. The van der Waals surface area contributed by atoms with Crippen LogP contribution in [0.3, 0.4) is 0 Å². The third-order valence-corrected chi connectivity index (χ3v) is 1.15. The molecule has 0 aromatic heterocycles. The molecule has 0 aliphatic heterocycles. The van der Waals surface area contributed by atoms with Crippen LogP contribution >= 0.6 is 22.6 Å². The van der Waals surface area contributed by atoms with Gasteiger partial charge in [-0.2, -0.15) is 0 Å². The minimum absolute atomic E-state index is 0.0948. The molecule has 3 heteroatoms. The SMILES string of the molecule is C=C(N)C(N)I. The zero-order chi connectivity index (χ0) is 5.15. The summed E-state index contributed by atoms with van der Waals surface area (Å²) in [7, 11) is 0. The zero-order valence-electron chi connectivity index (χ0n) is 3.32. The topological polar surface area (TPSA) is 52.0 Å². The number of nitrogens with two attached hydrogens (primary N) is 2. The minimum Gasteiger partial charge on any atom is -0.401 e. The Hall–Kier alpha value is 0.230.